The molecule has 0 amide bonds. The van der Waals surface area contributed by atoms with Gasteiger partial charge in [0.25, 0.3) is 0 Å². The van der Waals surface area contributed by atoms with Crippen LogP contribution in [0.4, 0.5) is 18.9 Å². The van der Waals surface area contributed by atoms with Crippen molar-refractivity contribution in [2.24, 2.45) is 10.2 Å². The Morgan fingerprint density at radius 1 is 1.06 bits per heavy atom. The molecule has 2 nitrogen and oxygen atoms in total. The molecule has 0 unspecified atom stereocenters. The number of azo groups is 1. The Morgan fingerprint density at radius 2 is 1.56 bits per heavy atom. The van der Waals surface area contributed by atoms with E-state index >= 15 is 0 Å². The van der Waals surface area contributed by atoms with Crippen molar-refractivity contribution < 1.29 is 13.2 Å². The number of nitrogens with zero attached hydrogens (tertiary/aromatic N) is 2. The van der Waals surface area contributed by atoms with Crippen LogP contribution in [0.15, 0.2) is 22.4 Å². The number of hydrogen-bond donors (Lipinski definition) is 0. The van der Waals surface area contributed by atoms with Crippen LogP contribution in [-0.4, -0.2) is 12.7 Å². The summed E-state index contributed by atoms with van der Waals surface area (Å²) in [7, 11) is 0. The first-order valence-electron chi connectivity index (χ1n) is 3.88. The van der Waals surface area contributed by atoms with Crippen LogP contribution in [0.25, 0.3) is 0 Å². The first kappa shape index (κ1) is 13.5. The first-order chi connectivity index (χ1) is 7.29. The maximum Gasteiger partial charge on any atom is 0.409 e. The Labute approximate surface area is 104 Å². The van der Waals surface area contributed by atoms with Crippen LogP contribution < -0.4 is 0 Å². The standard InChI is InChI=1S/C8H4Cl3F3N2/c9-4-1-5(10)7(6(11)2-4)16-15-3-8(12,13)14/h1-2H,3H2. The molecule has 0 radical (unpaired) electrons. The minimum atomic E-state index is -4.41. The molecule has 0 heterocycles. The molecule has 8 heteroatoms. The van der Waals surface area contributed by atoms with E-state index in [-0.39, 0.29) is 20.8 Å². The lowest BCUT2D eigenvalue weighted by atomic mass is 10.3. The van der Waals surface area contributed by atoms with E-state index in [2.05, 4.69) is 10.2 Å². The fourth-order valence-corrected chi connectivity index (χ4v) is 1.71. The highest BCUT2D eigenvalue weighted by atomic mass is 35.5. The summed E-state index contributed by atoms with van der Waals surface area (Å²) < 4.78 is 35.3. The number of alkyl halides is 3. The van der Waals surface area contributed by atoms with Crippen molar-refractivity contribution in [2.75, 3.05) is 6.54 Å². The Morgan fingerprint density at radius 3 is 2.00 bits per heavy atom. The molecule has 1 rings (SSSR count). The van der Waals surface area contributed by atoms with Crippen molar-refractivity contribution in [2.45, 2.75) is 6.18 Å². The van der Waals surface area contributed by atoms with Gasteiger partial charge in [-0.2, -0.15) is 23.4 Å². The lowest BCUT2D eigenvalue weighted by molar-refractivity contribution is -0.119. The molecular formula is C8H4Cl3F3N2. The van der Waals surface area contributed by atoms with Crippen molar-refractivity contribution in [1.29, 1.82) is 0 Å². The van der Waals surface area contributed by atoms with Crippen LogP contribution in [0.1, 0.15) is 0 Å². The van der Waals surface area contributed by atoms with E-state index in [4.69, 9.17) is 34.8 Å². The van der Waals surface area contributed by atoms with Crippen molar-refractivity contribution in [3.05, 3.63) is 27.2 Å². The van der Waals surface area contributed by atoms with Gasteiger partial charge in [-0.1, -0.05) is 34.8 Å². The summed E-state index contributed by atoms with van der Waals surface area (Å²) in [6, 6.07) is 2.63. The predicted molar refractivity (Wildman–Crippen MR) is 56.9 cm³/mol. The summed E-state index contributed by atoms with van der Waals surface area (Å²) >= 11 is 17.0. The third-order valence-corrected chi connectivity index (χ3v) is 2.20. The quantitative estimate of drug-likeness (QED) is 0.661. The maximum atomic E-state index is 11.8. The summed E-state index contributed by atoms with van der Waals surface area (Å²) in [6.07, 6.45) is -4.41. The van der Waals surface area contributed by atoms with Gasteiger partial charge >= 0.3 is 6.18 Å². The Kier molecular flexibility index (Phi) is 4.41. The summed E-state index contributed by atoms with van der Waals surface area (Å²) in [5, 5.41) is 6.62. The molecule has 0 fully saturated rings. The molecule has 1 aromatic carbocycles. The number of halogens is 6. The summed E-state index contributed by atoms with van der Waals surface area (Å²) in [4.78, 5) is 0. The molecule has 0 aromatic heterocycles. The minimum Gasteiger partial charge on any atom is -0.179 e. The number of hydrogen-bond acceptors (Lipinski definition) is 2. The van der Waals surface area contributed by atoms with Crippen molar-refractivity contribution in [3.63, 3.8) is 0 Å². The van der Waals surface area contributed by atoms with Gasteiger partial charge in [-0.05, 0) is 12.1 Å². The van der Waals surface area contributed by atoms with Gasteiger partial charge in [0.05, 0.1) is 10.0 Å². The summed E-state index contributed by atoms with van der Waals surface area (Å²) in [5.41, 5.74) is -0.0306. The molecular weight excluding hydrogens is 287 g/mol. The first-order valence-corrected chi connectivity index (χ1v) is 5.02. The molecule has 16 heavy (non-hydrogen) atoms. The molecule has 0 saturated heterocycles. The monoisotopic (exact) mass is 290 g/mol. The number of benzene rings is 1. The second-order valence-electron chi connectivity index (χ2n) is 2.73. The molecule has 0 atom stereocenters. The zero-order chi connectivity index (χ0) is 12.3. The normalized spacial score (nSPS) is 12.4. The molecule has 0 saturated carbocycles. The molecule has 0 spiro atoms. The van der Waals surface area contributed by atoms with Gasteiger partial charge in [0.1, 0.15) is 5.69 Å². The molecule has 88 valence electrons. The third kappa shape index (κ3) is 4.15. The highest BCUT2D eigenvalue weighted by molar-refractivity contribution is 6.41. The van der Waals surface area contributed by atoms with Gasteiger partial charge < -0.3 is 0 Å². The van der Waals surface area contributed by atoms with Crippen molar-refractivity contribution in [3.8, 4) is 0 Å². The van der Waals surface area contributed by atoms with E-state index in [1.807, 2.05) is 0 Å². The van der Waals surface area contributed by atoms with Crippen LogP contribution in [0.3, 0.4) is 0 Å². The van der Waals surface area contributed by atoms with Crippen molar-refractivity contribution >= 4 is 40.5 Å². The Hall–Kier alpha value is -0.520. The average Bonchev–Trinajstić information content (AvgIpc) is 2.07. The van der Waals surface area contributed by atoms with Gasteiger partial charge in [0.2, 0.25) is 0 Å². The van der Waals surface area contributed by atoms with Crippen LogP contribution in [0, 0.1) is 0 Å². The lowest BCUT2D eigenvalue weighted by Crippen LogP contribution is -2.10. The maximum absolute atomic E-state index is 11.8. The van der Waals surface area contributed by atoms with E-state index in [9.17, 15) is 13.2 Å². The molecule has 0 aliphatic carbocycles. The predicted octanol–water partition coefficient (Wildman–Crippen LogP) is 5.29. The van der Waals surface area contributed by atoms with Gasteiger partial charge in [0, 0.05) is 5.02 Å². The second kappa shape index (κ2) is 5.21. The summed E-state index contributed by atoms with van der Waals surface area (Å²) in [6.45, 7) is -1.39. The fourth-order valence-electron chi connectivity index (χ4n) is 0.816. The van der Waals surface area contributed by atoms with Gasteiger partial charge in [-0.15, -0.1) is 0 Å². The van der Waals surface area contributed by atoms with E-state index in [0.717, 1.165) is 0 Å². The third-order valence-electron chi connectivity index (χ3n) is 1.40. The molecule has 0 aliphatic heterocycles. The second-order valence-corrected chi connectivity index (χ2v) is 3.98. The highest BCUT2D eigenvalue weighted by Gasteiger charge is 2.26. The van der Waals surface area contributed by atoms with E-state index in [1.54, 1.807) is 0 Å². The van der Waals surface area contributed by atoms with Gasteiger partial charge in [-0.25, -0.2) is 0 Å². The smallest absolute Gasteiger partial charge is 0.179 e. The zero-order valence-corrected chi connectivity index (χ0v) is 9.79. The van der Waals surface area contributed by atoms with Crippen LogP contribution >= 0.6 is 34.8 Å². The molecule has 0 aliphatic rings. The zero-order valence-electron chi connectivity index (χ0n) is 7.52. The Bertz CT molecular complexity index is 394. The highest BCUT2D eigenvalue weighted by Crippen LogP contribution is 2.36. The largest absolute Gasteiger partial charge is 0.409 e. The molecule has 1 aromatic rings. The van der Waals surface area contributed by atoms with Crippen LogP contribution in [-0.2, 0) is 0 Å². The molecule has 0 N–H and O–H groups in total. The topological polar surface area (TPSA) is 24.7 Å². The SMILES string of the molecule is FC(F)(F)CN=Nc1c(Cl)cc(Cl)cc1Cl. The fraction of sp³-hybridized carbons (Fsp3) is 0.250. The van der Waals surface area contributed by atoms with E-state index < -0.39 is 12.7 Å². The number of rotatable bonds is 2. The van der Waals surface area contributed by atoms with Crippen molar-refractivity contribution in [1.82, 2.24) is 0 Å². The van der Waals surface area contributed by atoms with Crippen LogP contribution in [0.5, 0.6) is 0 Å². The summed E-state index contributed by atoms with van der Waals surface area (Å²) in [5.74, 6) is 0. The molecule has 0 bridgehead atoms. The van der Waals surface area contributed by atoms with E-state index in [0.29, 0.717) is 0 Å². The van der Waals surface area contributed by atoms with Gasteiger partial charge in [0.15, 0.2) is 6.54 Å². The Balaban J connectivity index is 2.90. The van der Waals surface area contributed by atoms with Gasteiger partial charge in [-0.3, -0.25) is 0 Å². The minimum absolute atomic E-state index is 0.0306. The van der Waals surface area contributed by atoms with E-state index in [1.165, 1.54) is 12.1 Å². The lowest BCUT2D eigenvalue weighted by Gasteiger charge is -2.02. The van der Waals surface area contributed by atoms with Crippen LogP contribution in [0.2, 0.25) is 15.1 Å². The average molecular weight is 291 g/mol.